The van der Waals surface area contributed by atoms with Crippen molar-refractivity contribution in [1.29, 1.82) is 0 Å². The number of aliphatic carboxylic acids is 1. The molecule has 0 aliphatic heterocycles. The largest absolute Gasteiger partial charge is 0.480 e. The summed E-state index contributed by atoms with van der Waals surface area (Å²) in [7, 11) is 0. The standard InChI is InChI=1S/C16H19NO4/c1-10(18)15(16(20)21)17-9-14(19)13-7-6-11-4-2-3-5-12(11)8-13/h2-8,10,14-15,17-19H,9H2,1H3,(H,20,21). The van der Waals surface area contributed by atoms with Crippen LogP contribution in [0.1, 0.15) is 18.6 Å². The van der Waals surface area contributed by atoms with Crippen LogP contribution in [0.3, 0.4) is 0 Å². The van der Waals surface area contributed by atoms with Crippen molar-refractivity contribution in [3.05, 3.63) is 48.0 Å². The smallest absolute Gasteiger partial charge is 0.323 e. The molecule has 112 valence electrons. The minimum Gasteiger partial charge on any atom is -0.480 e. The van der Waals surface area contributed by atoms with Gasteiger partial charge in [0.05, 0.1) is 12.2 Å². The van der Waals surface area contributed by atoms with Crippen LogP contribution in [-0.4, -0.2) is 40.0 Å². The number of aliphatic hydroxyl groups excluding tert-OH is 2. The van der Waals surface area contributed by atoms with E-state index in [2.05, 4.69) is 5.32 Å². The summed E-state index contributed by atoms with van der Waals surface area (Å²) in [6.45, 7) is 1.45. The molecule has 0 amide bonds. The Bertz CT molecular complexity index is 626. The lowest BCUT2D eigenvalue weighted by molar-refractivity contribution is -0.142. The van der Waals surface area contributed by atoms with Gasteiger partial charge in [0.1, 0.15) is 6.04 Å². The molecule has 3 unspecified atom stereocenters. The third-order valence-electron chi connectivity index (χ3n) is 3.44. The van der Waals surface area contributed by atoms with Crippen LogP contribution < -0.4 is 5.32 Å². The molecule has 0 radical (unpaired) electrons. The van der Waals surface area contributed by atoms with Gasteiger partial charge < -0.3 is 15.3 Å². The van der Waals surface area contributed by atoms with Gasteiger partial charge in [-0.1, -0.05) is 36.4 Å². The summed E-state index contributed by atoms with van der Waals surface area (Å²) in [4.78, 5) is 11.0. The van der Waals surface area contributed by atoms with Gasteiger partial charge in [-0.05, 0) is 29.3 Å². The van der Waals surface area contributed by atoms with Gasteiger partial charge in [-0.3, -0.25) is 10.1 Å². The maximum atomic E-state index is 11.0. The molecule has 0 heterocycles. The van der Waals surface area contributed by atoms with Crippen LogP contribution in [-0.2, 0) is 4.79 Å². The predicted octanol–water partition coefficient (Wildman–Crippen LogP) is 1.30. The second kappa shape index (κ2) is 6.67. The van der Waals surface area contributed by atoms with Crippen molar-refractivity contribution in [2.24, 2.45) is 0 Å². The van der Waals surface area contributed by atoms with Crippen molar-refractivity contribution in [1.82, 2.24) is 5.32 Å². The summed E-state index contributed by atoms with van der Waals surface area (Å²) in [5, 5.41) is 33.3. The molecule has 21 heavy (non-hydrogen) atoms. The third kappa shape index (κ3) is 3.78. The highest BCUT2D eigenvalue weighted by Gasteiger charge is 2.23. The number of rotatable bonds is 6. The summed E-state index contributed by atoms with van der Waals surface area (Å²) in [6, 6.07) is 12.3. The molecule has 2 aromatic carbocycles. The summed E-state index contributed by atoms with van der Waals surface area (Å²) in [5.41, 5.74) is 0.705. The topological polar surface area (TPSA) is 89.8 Å². The van der Waals surface area contributed by atoms with Gasteiger partial charge in [0, 0.05) is 6.54 Å². The molecule has 0 aliphatic rings. The first-order valence-electron chi connectivity index (χ1n) is 6.80. The first-order valence-corrected chi connectivity index (χ1v) is 6.80. The molecular weight excluding hydrogens is 270 g/mol. The van der Waals surface area contributed by atoms with E-state index in [-0.39, 0.29) is 6.54 Å². The molecule has 5 heteroatoms. The Kier molecular flexibility index (Phi) is 4.90. The minimum atomic E-state index is -1.14. The van der Waals surface area contributed by atoms with Crippen LogP contribution in [0, 0.1) is 0 Å². The summed E-state index contributed by atoms with van der Waals surface area (Å²) in [5.74, 6) is -1.14. The van der Waals surface area contributed by atoms with Crippen molar-refractivity contribution in [3.8, 4) is 0 Å². The lowest BCUT2D eigenvalue weighted by Gasteiger charge is -2.19. The van der Waals surface area contributed by atoms with Gasteiger partial charge in [-0.2, -0.15) is 0 Å². The highest BCUT2D eigenvalue weighted by atomic mass is 16.4. The molecule has 5 nitrogen and oxygen atoms in total. The highest BCUT2D eigenvalue weighted by Crippen LogP contribution is 2.20. The SMILES string of the molecule is CC(O)C(NCC(O)c1ccc2ccccc2c1)C(=O)O. The zero-order chi connectivity index (χ0) is 15.4. The first kappa shape index (κ1) is 15.4. The number of hydrogen-bond acceptors (Lipinski definition) is 4. The number of aliphatic hydroxyl groups is 2. The van der Waals surface area contributed by atoms with Gasteiger partial charge in [0.2, 0.25) is 0 Å². The zero-order valence-corrected chi connectivity index (χ0v) is 11.7. The Balaban J connectivity index is 2.08. The average Bonchev–Trinajstić information content (AvgIpc) is 2.46. The third-order valence-corrected chi connectivity index (χ3v) is 3.44. The first-order chi connectivity index (χ1) is 9.99. The molecule has 0 aliphatic carbocycles. The van der Waals surface area contributed by atoms with Crippen LogP contribution in [0.15, 0.2) is 42.5 Å². The van der Waals surface area contributed by atoms with Crippen molar-refractivity contribution < 1.29 is 20.1 Å². The number of carbonyl (C=O) groups is 1. The molecule has 0 saturated heterocycles. The van der Waals surface area contributed by atoms with E-state index in [1.807, 2.05) is 42.5 Å². The number of carboxylic acid groups (broad SMARTS) is 1. The Morgan fingerprint density at radius 1 is 1.14 bits per heavy atom. The van der Waals surface area contributed by atoms with E-state index in [9.17, 15) is 15.0 Å². The monoisotopic (exact) mass is 289 g/mol. The van der Waals surface area contributed by atoms with E-state index in [0.29, 0.717) is 5.56 Å². The highest BCUT2D eigenvalue weighted by molar-refractivity contribution is 5.83. The lowest BCUT2D eigenvalue weighted by atomic mass is 10.0. The molecule has 0 bridgehead atoms. The summed E-state index contributed by atoms with van der Waals surface area (Å²) in [6.07, 6.45) is -1.87. The molecule has 0 fully saturated rings. The van der Waals surface area contributed by atoms with Crippen LogP contribution >= 0.6 is 0 Å². The predicted molar refractivity (Wildman–Crippen MR) is 80.0 cm³/mol. The molecule has 0 aromatic heterocycles. The number of hydrogen-bond donors (Lipinski definition) is 4. The van der Waals surface area contributed by atoms with Gasteiger partial charge >= 0.3 is 5.97 Å². The fraction of sp³-hybridized carbons (Fsp3) is 0.312. The second-order valence-corrected chi connectivity index (χ2v) is 5.09. The Morgan fingerprint density at radius 2 is 1.81 bits per heavy atom. The summed E-state index contributed by atoms with van der Waals surface area (Å²) >= 11 is 0. The van der Waals surface area contributed by atoms with Crippen LogP contribution in [0.4, 0.5) is 0 Å². The van der Waals surface area contributed by atoms with Crippen LogP contribution in [0.25, 0.3) is 10.8 Å². The molecule has 4 N–H and O–H groups in total. The second-order valence-electron chi connectivity index (χ2n) is 5.09. The molecule has 0 spiro atoms. The van der Waals surface area contributed by atoms with E-state index >= 15 is 0 Å². The number of benzene rings is 2. The van der Waals surface area contributed by atoms with Gasteiger partial charge in [-0.15, -0.1) is 0 Å². The van der Waals surface area contributed by atoms with Crippen LogP contribution in [0.2, 0.25) is 0 Å². The van der Waals surface area contributed by atoms with E-state index in [1.165, 1.54) is 6.92 Å². The van der Waals surface area contributed by atoms with Crippen molar-refractivity contribution in [2.45, 2.75) is 25.2 Å². The molecule has 3 atom stereocenters. The average molecular weight is 289 g/mol. The van der Waals surface area contributed by atoms with E-state index in [1.54, 1.807) is 0 Å². The van der Waals surface area contributed by atoms with Gasteiger partial charge in [0.25, 0.3) is 0 Å². The molecular formula is C16H19NO4. The summed E-state index contributed by atoms with van der Waals surface area (Å²) < 4.78 is 0. The Labute approximate surface area is 122 Å². The lowest BCUT2D eigenvalue weighted by Crippen LogP contribution is -2.46. The van der Waals surface area contributed by atoms with Crippen molar-refractivity contribution in [2.75, 3.05) is 6.54 Å². The van der Waals surface area contributed by atoms with E-state index < -0.39 is 24.2 Å². The number of carboxylic acids is 1. The maximum Gasteiger partial charge on any atom is 0.323 e. The normalized spacial score (nSPS) is 15.6. The minimum absolute atomic E-state index is 0.0558. The molecule has 2 aromatic rings. The van der Waals surface area contributed by atoms with Gasteiger partial charge in [-0.25, -0.2) is 0 Å². The number of nitrogens with one attached hydrogen (secondary N) is 1. The maximum absolute atomic E-state index is 11.0. The quantitative estimate of drug-likeness (QED) is 0.643. The van der Waals surface area contributed by atoms with Gasteiger partial charge in [0.15, 0.2) is 0 Å². The zero-order valence-electron chi connectivity index (χ0n) is 11.7. The van der Waals surface area contributed by atoms with Crippen molar-refractivity contribution in [3.63, 3.8) is 0 Å². The fourth-order valence-electron chi connectivity index (χ4n) is 2.24. The van der Waals surface area contributed by atoms with E-state index in [4.69, 9.17) is 5.11 Å². The Hall–Kier alpha value is -1.95. The van der Waals surface area contributed by atoms with E-state index in [0.717, 1.165) is 10.8 Å². The van der Waals surface area contributed by atoms with Crippen molar-refractivity contribution >= 4 is 16.7 Å². The van der Waals surface area contributed by atoms with Crippen LogP contribution in [0.5, 0.6) is 0 Å². The molecule has 0 saturated carbocycles. The Morgan fingerprint density at radius 3 is 2.43 bits per heavy atom. The molecule has 2 rings (SSSR count). The number of fused-ring (bicyclic) bond motifs is 1. The fourth-order valence-corrected chi connectivity index (χ4v) is 2.24.